The fourth-order valence-electron chi connectivity index (χ4n) is 1.84. The summed E-state index contributed by atoms with van der Waals surface area (Å²) in [5, 5.41) is 4.26. The zero-order valence-corrected chi connectivity index (χ0v) is 12.7. The molecule has 0 aliphatic heterocycles. The Morgan fingerprint density at radius 2 is 1.86 bits per heavy atom. The van der Waals surface area contributed by atoms with Crippen molar-refractivity contribution in [1.29, 1.82) is 0 Å². The average molecular weight is 317 g/mol. The fraction of sp³-hybridized carbons (Fsp3) is 0.0625. The minimum absolute atomic E-state index is 0.645. The summed E-state index contributed by atoms with van der Waals surface area (Å²) < 4.78 is 6.50. The smallest absolute Gasteiger partial charge is 0.129 e. The molecule has 0 saturated carbocycles. The van der Waals surface area contributed by atoms with Crippen LogP contribution in [0.4, 0.5) is 5.69 Å². The first-order valence-electron chi connectivity index (χ1n) is 6.47. The molecular formula is C16H13ClN2OS. The maximum Gasteiger partial charge on any atom is 0.129 e. The van der Waals surface area contributed by atoms with E-state index in [0.29, 0.717) is 10.9 Å². The fourth-order valence-corrected chi connectivity index (χ4v) is 2.74. The largest absolute Gasteiger partial charge is 0.457 e. The summed E-state index contributed by atoms with van der Waals surface area (Å²) in [5.74, 6) is 1.62. The second kappa shape index (κ2) is 6.61. The van der Waals surface area contributed by atoms with Gasteiger partial charge in [-0.3, -0.25) is 0 Å². The highest BCUT2D eigenvalue weighted by Gasteiger charge is 2.02. The van der Waals surface area contributed by atoms with E-state index in [4.69, 9.17) is 16.3 Å². The lowest BCUT2D eigenvalue weighted by Crippen LogP contribution is -1.98. The van der Waals surface area contributed by atoms with Crippen molar-refractivity contribution in [2.45, 2.75) is 6.54 Å². The van der Waals surface area contributed by atoms with Crippen LogP contribution in [0, 0.1) is 0 Å². The topological polar surface area (TPSA) is 34.2 Å². The van der Waals surface area contributed by atoms with Gasteiger partial charge in [0.15, 0.2) is 0 Å². The molecule has 0 bridgehead atoms. The number of anilines is 1. The molecule has 0 unspecified atom stereocenters. The third-order valence-electron chi connectivity index (χ3n) is 2.78. The minimum Gasteiger partial charge on any atom is -0.457 e. The van der Waals surface area contributed by atoms with Gasteiger partial charge in [-0.25, -0.2) is 4.98 Å². The standard InChI is InChI=1S/C16H13ClN2OS/c17-15-10-19-16(21-15)11-18-12-5-4-8-14(9-12)20-13-6-2-1-3-7-13/h1-10,18H,11H2. The average Bonchev–Trinajstić information content (AvgIpc) is 2.92. The van der Waals surface area contributed by atoms with Crippen LogP contribution >= 0.6 is 22.9 Å². The summed E-state index contributed by atoms with van der Waals surface area (Å²) in [4.78, 5) is 4.21. The highest BCUT2D eigenvalue weighted by atomic mass is 35.5. The summed E-state index contributed by atoms with van der Waals surface area (Å²) >= 11 is 7.34. The van der Waals surface area contributed by atoms with E-state index in [-0.39, 0.29) is 0 Å². The molecule has 3 rings (SSSR count). The molecule has 0 amide bonds. The number of benzene rings is 2. The van der Waals surface area contributed by atoms with Gasteiger partial charge in [-0.15, -0.1) is 11.3 Å². The third-order valence-corrected chi connectivity index (χ3v) is 3.90. The molecular weight excluding hydrogens is 304 g/mol. The second-order valence-electron chi connectivity index (χ2n) is 4.35. The Hall–Kier alpha value is -2.04. The van der Waals surface area contributed by atoms with E-state index in [1.54, 1.807) is 6.20 Å². The number of rotatable bonds is 5. The number of halogens is 1. The summed E-state index contributed by atoms with van der Waals surface area (Å²) in [5.41, 5.74) is 0.981. The van der Waals surface area contributed by atoms with Crippen LogP contribution in [0.3, 0.4) is 0 Å². The Balaban J connectivity index is 1.65. The van der Waals surface area contributed by atoms with E-state index in [9.17, 15) is 0 Å². The normalized spacial score (nSPS) is 10.3. The third kappa shape index (κ3) is 3.97. The Morgan fingerprint density at radius 1 is 1.05 bits per heavy atom. The van der Waals surface area contributed by atoms with Gasteiger partial charge >= 0.3 is 0 Å². The van der Waals surface area contributed by atoms with Crippen molar-refractivity contribution in [3.05, 3.63) is 70.1 Å². The number of nitrogens with one attached hydrogen (secondary N) is 1. The first-order valence-corrected chi connectivity index (χ1v) is 7.66. The van der Waals surface area contributed by atoms with Crippen molar-refractivity contribution in [2.75, 3.05) is 5.32 Å². The number of para-hydroxylation sites is 1. The molecule has 0 atom stereocenters. The summed E-state index contributed by atoms with van der Waals surface area (Å²) in [7, 11) is 0. The SMILES string of the molecule is Clc1cnc(CNc2cccc(Oc3ccccc3)c2)s1. The van der Waals surface area contributed by atoms with Gasteiger partial charge in [-0.2, -0.15) is 0 Å². The molecule has 0 radical (unpaired) electrons. The lowest BCUT2D eigenvalue weighted by Gasteiger charge is -2.08. The maximum absolute atomic E-state index is 5.87. The number of hydrogen-bond donors (Lipinski definition) is 1. The number of nitrogens with zero attached hydrogens (tertiary/aromatic N) is 1. The Bertz CT molecular complexity index is 715. The molecule has 0 fully saturated rings. The molecule has 1 N–H and O–H groups in total. The van der Waals surface area contributed by atoms with Gasteiger partial charge < -0.3 is 10.1 Å². The van der Waals surface area contributed by atoms with Gasteiger partial charge in [0.1, 0.15) is 20.8 Å². The Labute approximate surface area is 132 Å². The number of aromatic nitrogens is 1. The van der Waals surface area contributed by atoms with Crippen LogP contribution in [0.5, 0.6) is 11.5 Å². The van der Waals surface area contributed by atoms with Crippen molar-refractivity contribution >= 4 is 28.6 Å². The number of thiazole rings is 1. The van der Waals surface area contributed by atoms with E-state index in [1.807, 2.05) is 54.6 Å². The van der Waals surface area contributed by atoms with Crippen LogP contribution in [0.25, 0.3) is 0 Å². The predicted octanol–water partition coefficient (Wildman–Crippen LogP) is 5.20. The first-order chi connectivity index (χ1) is 10.3. The molecule has 2 aromatic carbocycles. The highest BCUT2D eigenvalue weighted by Crippen LogP contribution is 2.25. The Morgan fingerprint density at radius 3 is 2.62 bits per heavy atom. The second-order valence-corrected chi connectivity index (χ2v) is 6.10. The molecule has 0 saturated heterocycles. The van der Waals surface area contributed by atoms with Gasteiger partial charge in [0.05, 0.1) is 12.7 Å². The van der Waals surface area contributed by atoms with Crippen molar-refractivity contribution < 1.29 is 4.74 Å². The zero-order valence-electron chi connectivity index (χ0n) is 11.1. The van der Waals surface area contributed by atoms with E-state index in [0.717, 1.165) is 22.2 Å². The van der Waals surface area contributed by atoms with Crippen molar-refractivity contribution in [3.63, 3.8) is 0 Å². The molecule has 3 nitrogen and oxygen atoms in total. The molecule has 5 heteroatoms. The van der Waals surface area contributed by atoms with Crippen molar-refractivity contribution in [3.8, 4) is 11.5 Å². The van der Waals surface area contributed by atoms with Crippen LogP contribution in [0.2, 0.25) is 4.34 Å². The molecule has 0 spiro atoms. The molecule has 0 aliphatic carbocycles. The highest BCUT2D eigenvalue weighted by molar-refractivity contribution is 7.15. The Kier molecular flexibility index (Phi) is 4.38. The number of ether oxygens (including phenoxy) is 1. The monoisotopic (exact) mass is 316 g/mol. The van der Waals surface area contributed by atoms with Crippen LogP contribution < -0.4 is 10.1 Å². The molecule has 3 aromatic rings. The number of hydrogen-bond acceptors (Lipinski definition) is 4. The van der Waals surface area contributed by atoms with E-state index in [2.05, 4.69) is 10.3 Å². The lowest BCUT2D eigenvalue weighted by molar-refractivity contribution is 0.483. The van der Waals surface area contributed by atoms with E-state index in [1.165, 1.54) is 11.3 Å². The maximum atomic E-state index is 5.87. The van der Waals surface area contributed by atoms with Gasteiger partial charge in [0, 0.05) is 11.8 Å². The zero-order chi connectivity index (χ0) is 14.5. The van der Waals surface area contributed by atoms with Gasteiger partial charge in [0.25, 0.3) is 0 Å². The van der Waals surface area contributed by atoms with Gasteiger partial charge in [-0.05, 0) is 24.3 Å². The molecule has 106 valence electrons. The van der Waals surface area contributed by atoms with Crippen molar-refractivity contribution in [2.24, 2.45) is 0 Å². The van der Waals surface area contributed by atoms with Gasteiger partial charge in [0.2, 0.25) is 0 Å². The van der Waals surface area contributed by atoms with Crippen LogP contribution in [-0.2, 0) is 6.54 Å². The predicted molar refractivity (Wildman–Crippen MR) is 87.4 cm³/mol. The van der Waals surface area contributed by atoms with E-state index >= 15 is 0 Å². The van der Waals surface area contributed by atoms with Crippen molar-refractivity contribution in [1.82, 2.24) is 4.98 Å². The minimum atomic E-state index is 0.645. The molecule has 0 aliphatic rings. The lowest BCUT2D eigenvalue weighted by atomic mass is 10.3. The van der Waals surface area contributed by atoms with Gasteiger partial charge in [-0.1, -0.05) is 35.9 Å². The van der Waals surface area contributed by atoms with Crippen LogP contribution in [0.1, 0.15) is 5.01 Å². The quantitative estimate of drug-likeness (QED) is 0.702. The summed E-state index contributed by atoms with van der Waals surface area (Å²) in [6, 6.07) is 17.6. The van der Waals surface area contributed by atoms with Crippen LogP contribution in [-0.4, -0.2) is 4.98 Å². The summed E-state index contributed by atoms with van der Waals surface area (Å²) in [6.45, 7) is 0.645. The molecule has 1 aromatic heterocycles. The molecule has 21 heavy (non-hydrogen) atoms. The molecule has 1 heterocycles. The van der Waals surface area contributed by atoms with E-state index < -0.39 is 0 Å². The van der Waals surface area contributed by atoms with Crippen LogP contribution in [0.15, 0.2) is 60.8 Å². The first kappa shape index (κ1) is 13.9. The summed E-state index contributed by atoms with van der Waals surface area (Å²) in [6.07, 6.45) is 1.66.